The molecule has 0 saturated carbocycles. The zero-order valence-electron chi connectivity index (χ0n) is 8.20. The molecule has 0 radical (unpaired) electrons. The first-order valence-corrected chi connectivity index (χ1v) is 6.18. The van der Waals surface area contributed by atoms with Crippen molar-refractivity contribution in [2.45, 2.75) is 18.9 Å². The molecule has 1 aliphatic heterocycles. The second-order valence-corrected chi connectivity index (χ2v) is 4.90. The predicted octanol–water partition coefficient (Wildman–Crippen LogP) is 2.31. The molecule has 1 saturated heterocycles. The highest BCUT2D eigenvalue weighted by molar-refractivity contribution is 7.99. The van der Waals surface area contributed by atoms with Gasteiger partial charge < -0.3 is 0 Å². The van der Waals surface area contributed by atoms with Gasteiger partial charge in [0.1, 0.15) is 0 Å². The van der Waals surface area contributed by atoms with Crippen LogP contribution in [-0.4, -0.2) is 36.0 Å². The molecule has 0 bridgehead atoms. The Labute approximate surface area is 84.9 Å². The van der Waals surface area contributed by atoms with Crippen LogP contribution in [-0.2, 0) is 0 Å². The Bertz CT molecular complexity index is 232. The molecular formula is C11H17NS. The van der Waals surface area contributed by atoms with Gasteiger partial charge in [0.25, 0.3) is 0 Å². The number of hydrogen-bond donors (Lipinski definition) is 0. The molecule has 1 unspecified atom stereocenters. The lowest BCUT2D eigenvalue weighted by Crippen LogP contribution is -2.40. The molecule has 0 aromatic rings. The van der Waals surface area contributed by atoms with Crippen LogP contribution >= 0.6 is 11.8 Å². The molecule has 0 aromatic carbocycles. The lowest BCUT2D eigenvalue weighted by atomic mass is 10.0. The predicted molar refractivity (Wildman–Crippen MR) is 60.2 cm³/mol. The van der Waals surface area contributed by atoms with Gasteiger partial charge in [0.2, 0.25) is 0 Å². The quantitative estimate of drug-likeness (QED) is 0.631. The van der Waals surface area contributed by atoms with Gasteiger partial charge in [0.15, 0.2) is 0 Å². The van der Waals surface area contributed by atoms with E-state index >= 15 is 0 Å². The SMILES string of the molecule is CN1CCSCC1C1=CCCC=C1. The van der Waals surface area contributed by atoms with Gasteiger partial charge in [-0.2, -0.15) is 11.8 Å². The van der Waals surface area contributed by atoms with Crippen LogP contribution in [0.5, 0.6) is 0 Å². The van der Waals surface area contributed by atoms with Crippen molar-refractivity contribution in [1.82, 2.24) is 4.90 Å². The lowest BCUT2D eigenvalue weighted by Gasteiger charge is -2.33. The second kappa shape index (κ2) is 4.34. The highest BCUT2D eigenvalue weighted by atomic mass is 32.2. The fourth-order valence-corrected chi connectivity index (χ4v) is 3.17. The van der Waals surface area contributed by atoms with E-state index in [0.717, 1.165) is 0 Å². The monoisotopic (exact) mass is 195 g/mol. The van der Waals surface area contributed by atoms with Gasteiger partial charge in [-0.15, -0.1) is 0 Å². The van der Waals surface area contributed by atoms with E-state index < -0.39 is 0 Å². The third-order valence-corrected chi connectivity index (χ3v) is 3.83. The maximum atomic E-state index is 2.48. The normalized spacial score (nSPS) is 30.2. The average molecular weight is 195 g/mol. The van der Waals surface area contributed by atoms with Crippen molar-refractivity contribution < 1.29 is 0 Å². The van der Waals surface area contributed by atoms with Crippen LogP contribution in [0.3, 0.4) is 0 Å². The molecule has 1 atom stereocenters. The molecule has 0 spiro atoms. The molecule has 0 aromatic heterocycles. The van der Waals surface area contributed by atoms with Crippen molar-refractivity contribution in [3.63, 3.8) is 0 Å². The van der Waals surface area contributed by atoms with Gasteiger partial charge in [-0.1, -0.05) is 18.2 Å². The van der Waals surface area contributed by atoms with Crippen LogP contribution in [0.4, 0.5) is 0 Å². The summed E-state index contributed by atoms with van der Waals surface area (Å²) >= 11 is 2.08. The molecule has 1 heterocycles. The molecule has 1 aliphatic carbocycles. The minimum Gasteiger partial charge on any atom is -0.298 e. The zero-order chi connectivity index (χ0) is 9.10. The molecule has 2 heteroatoms. The summed E-state index contributed by atoms with van der Waals surface area (Å²) in [5.74, 6) is 2.57. The topological polar surface area (TPSA) is 3.24 Å². The summed E-state index contributed by atoms with van der Waals surface area (Å²) in [5, 5.41) is 0. The molecule has 1 nitrogen and oxygen atoms in total. The zero-order valence-corrected chi connectivity index (χ0v) is 9.02. The van der Waals surface area contributed by atoms with E-state index in [2.05, 4.69) is 41.9 Å². The molecule has 2 rings (SSSR count). The fraction of sp³-hybridized carbons (Fsp3) is 0.636. The highest BCUT2D eigenvalue weighted by Gasteiger charge is 2.21. The molecule has 13 heavy (non-hydrogen) atoms. The van der Waals surface area contributed by atoms with Gasteiger partial charge in [-0.05, 0) is 25.5 Å². The van der Waals surface area contributed by atoms with Crippen molar-refractivity contribution >= 4 is 11.8 Å². The largest absolute Gasteiger partial charge is 0.298 e. The molecule has 2 aliphatic rings. The van der Waals surface area contributed by atoms with Crippen molar-refractivity contribution in [1.29, 1.82) is 0 Å². The smallest absolute Gasteiger partial charge is 0.0432 e. The third-order valence-electron chi connectivity index (χ3n) is 2.80. The Morgan fingerprint density at radius 2 is 2.38 bits per heavy atom. The first-order chi connectivity index (χ1) is 6.38. The summed E-state index contributed by atoms with van der Waals surface area (Å²) < 4.78 is 0. The van der Waals surface area contributed by atoms with Crippen LogP contribution in [0.25, 0.3) is 0 Å². The minimum atomic E-state index is 0.676. The van der Waals surface area contributed by atoms with E-state index in [0.29, 0.717) is 6.04 Å². The second-order valence-electron chi connectivity index (χ2n) is 3.76. The van der Waals surface area contributed by atoms with Crippen molar-refractivity contribution in [2.75, 3.05) is 25.1 Å². The highest BCUT2D eigenvalue weighted by Crippen LogP contribution is 2.24. The number of rotatable bonds is 1. The Kier molecular flexibility index (Phi) is 3.12. The first-order valence-electron chi connectivity index (χ1n) is 5.02. The summed E-state index contributed by atoms with van der Waals surface area (Å²) in [5.41, 5.74) is 1.54. The van der Waals surface area contributed by atoms with Crippen LogP contribution in [0.1, 0.15) is 12.8 Å². The number of allylic oxidation sites excluding steroid dienone is 2. The number of nitrogens with zero attached hydrogens (tertiary/aromatic N) is 1. The average Bonchev–Trinajstić information content (AvgIpc) is 2.20. The lowest BCUT2D eigenvalue weighted by molar-refractivity contribution is 0.303. The molecule has 0 N–H and O–H groups in total. The van der Waals surface area contributed by atoms with Gasteiger partial charge >= 0.3 is 0 Å². The van der Waals surface area contributed by atoms with E-state index in [1.165, 1.54) is 30.9 Å². The fourth-order valence-electron chi connectivity index (χ4n) is 1.92. The van der Waals surface area contributed by atoms with E-state index in [4.69, 9.17) is 0 Å². The molecule has 1 fully saturated rings. The Balaban J connectivity index is 2.05. The summed E-state index contributed by atoms with van der Waals surface area (Å²) in [4.78, 5) is 2.48. The summed E-state index contributed by atoms with van der Waals surface area (Å²) in [6.07, 6.45) is 9.50. The Morgan fingerprint density at radius 3 is 3.08 bits per heavy atom. The summed E-state index contributed by atoms with van der Waals surface area (Å²) in [6, 6.07) is 0.676. The van der Waals surface area contributed by atoms with Gasteiger partial charge in [-0.25, -0.2) is 0 Å². The summed E-state index contributed by atoms with van der Waals surface area (Å²) in [6.45, 7) is 1.24. The number of hydrogen-bond acceptors (Lipinski definition) is 2. The van der Waals surface area contributed by atoms with Gasteiger partial charge in [0, 0.05) is 24.1 Å². The van der Waals surface area contributed by atoms with Gasteiger partial charge in [-0.3, -0.25) is 4.90 Å². The minimum absolute atomic E-state index is 0.676. The molecular weight excluding hydrogens is 178 g/mol. The standard InChI is InChI=1S/C11H17NS/c1-12-7-8-13-9-11(12)10-5-3-2-4-6-10/h3,5-6,11H,2,4,7-9H2,1H3. The third kappa shape index (κ3) is 2.18. The van der Waals surface area contributed by atoms with Crippen molar-refractivity contribution in [3.8, 4) is 0 Å². The maximum absolute atomic E-state index is 2.48. The van der Waals surface area contributed by atoms with Gasteiger partial charge in [0.05, 0.1) is 0 Å². The van der Waals surface area contributed by atoms with E-state index in [1.54, 1.807) is 5.57 Å². The van der Waals surface area contributed by atoms with Crippen LogP contribution < -0.4 is 0 Å². The number of likely N-dealkylation sites (N-methyl/N-ethyl adjacent to an activating group) is 1. The number of thioether (sulfide) groups is 1. The molecule has 0 amide bonds. The maximum Gasteiger partial charge on any atom is 0.0432 e. The van der Waals surface area contributed by atoms with E-state index in [-0.39, 0.29) is 0 Å². The first kappa shape index (κ1) is 9.35. The van der Waals surface area contributed by atoms with E-state index in [1.807, 2.05) is 0 Å². The van der Waals surface area contributed by atoms with Crippen LogP contribution in [0, 0.1) is 0 Å². The Morgan fingerprint density at radius 1 is 1.46 bits per heavy atom. The van der Waals surface area contributed by atoms with Crippen LogP contribution in [0.2, 0.25) is 0 Å². The van der Waals surface area contributed by atoms with E-state index in [9.17, 15) is 0 Å². The molecule has 72 valence electrons. The van der Waals surface area contributed by atoms with Crippen LogP contribution in [0.15, 0.2) is 23.8 Å². The summed E-state index contributed by atoms with van der Waals surface area (Å²) in [7, 11) is 2.24. The Hall–Kier alpha value is -0.210. The van der Waals surface area contributed by atoms with Crippen molar-refractivity contribution in [2.24, 2.45) is 0 Å². The van der Waals surface area contributed by atoms with Crippen molar-refractivity contribution in [3.05, 3.63) is 23.8 Å².